The fourth-order valence-electron chi connectivity index (χ4n) is 4.07. The van der Waals surface area contributed by atoms with E-state index in [4.69, 9.17) is 0 Å². The minimum absolute atomic E-state index is 0.0189. The third kappa shape index (κ3) is 5.00. The predicted molar refractivity (Wildman–Crippen MR) is 122 cm³/mol. The van der Waals surface area contributed by atoms with Crippen molar-refractivity contribution in [1.29, 1.82) is 0 Å². The zero-order chi connectivity index (χ0) is 22.0. The maximum absolute atomic E-state index is 12.5. The number of aromatic nitrogens is 2. The molecule has 1 saturated heterocycles. The number of amides is 1. The number of pyridine rings is 1. The van der Waals surface area contributed by atoms with E-state index in [1.807, 2.05) is 57.3 Å². The third-order valence-corrected chi connectivity index (χ3v) is 5.82. The Morgan fingerprint density at radius 1 is 1.00 bits per heavy atom. The topological polar surface area (TPSA) is 70.0 Å². The summed E-state index contributed by atoms with van der Waals surface area (Å²) >= 11 is 0. The van der Waals surface area contributed by atoms with Gasteiger partial charge in [-0.05, 0) is 43.5 Å². The van der Waals surface area contributed by atoms with Gasteiger partial charge in [0.25, 0.3) is 5.56 Å². The number of nitrogens with zero attached hydrogens (tertiary/aromatic N) is 4. The van der Waals surface area contributed by atoms with Crippen molar-refractivity contribution in [2.75, 3.05) is 38.0 Å². The zero-order valence-electron chi connectivity index (χ0n) is 18.4. The van der Waals surface area contributed by atoms with E-state index >= 15 is 0 Å². The molecule has 1 aliphatic heterocycles. The number of aryl methyl sites for hydroxylation is 3. The first-order valence-corrected chi connectivity index (χ1v) is 10.7. The van der Waals surface area contributed by atoms with Gasteiger partial charge in [-0.25, -0.2) is 4.98 Å². The first-order chi connectivity index (χ1) is 14.9. The van der Waals surface area contributed by atoms with Gasteiger partial charge in [-0.3, -0.25) is 23.8 Å². The van der Waals surface area contributed by atoms with Crippen molar-refractivity contribution in [2.24, 2.45) is 0 Å². The number of nitrogens with one attached hydrogen (secondary N) is 1. The van der Waals surface area contributed by atoms with Gasteiger partial charge in [0.05, 0.1) is 12.2 Å². The number of benzene rings is 1. The molecule has 0 bridgehead atoms. The third-order valence-electron chi connectivity index (χ3n) is 5.82. The summed E-state index contributed by atoms with van der Waals surface area (Å²) in [6.07, 6.45) is 1.82. The lowest BCUT2D eigenvalue weighted by Gasteiger charge is -2.34. The molecule has 1 N–H and O–H groups in total. The van der Waals surface area contributed by atoms with Crippen LogP contribution in [0.5, 0.6) is 0 Å². The minimum Gasteiger partial charge on any atom is -0.324 e. The van der Waals surface area contributed by atoms with Crippen LogP contribution in [0.15, 0.2) is 47.4 Å². The second-order valence-corrected chi connectivity index (χ2v) is 8.39. The number of anilines is 1. The Morgan fingerprint density at radius 2 is 1.68 bits per heavy atom. The van der Waals surface area contributed by atoms with E-state index in [9.17, 15) is 9.59 Å². The Bertz CT molecular complexity index is 1140. The molecule has 0 spiro atoms. The van der Waals surface area contributed by atoms with Crippen molar-refractivity contribution < 1.29 is 4.79 Å². The number of carbonyl (C=O) groups excluding carboxylic acids is 1. The minimum atomic E-state index is -0.0505. The average Bonchev–Trinajstić information content (AvgIpc) is 2.73. The molecule has 0 saturated carbocycles. The summed E-state index contributed by atoms with van der Waals surface area (Å²) in [5, 5.41) is 3.06. The second kappa shape index (κ2) is 8.99. The highest BCUT2D eigenvalue weighted by Gasteiger charge is 2.20. The van der Waals surface area contributed by atoms with E-state index in [1.54, 1.807) is 10.5 Å². The molecule has 0 unspecified atom stereocenters. The molecule has 0 atom stereocenters. The number of para-hydroxylation sites is 1. The van der Waals surface area contributed by atoms with Crippen molar-refractivity contribution >= 4 is 17.2 Å². The van der Waals surface area contributed by atoms with Crippen molar-refractivity contribution in [3.8, 4) is 0 Å². The monoisotopic (exact) mass is 419 g/mol. The van der Waals surface area contributed by atoms with Gasteiger partial charge in [-0.2, -0.15) is 0 Å². The Balaban J connectivity index is 1.32. The van der Waals surface area contributed by atoms with Crippen molar-refractivity contribution in [3.05, 3.63) is 75.3 Å². The van der Waals surface area contributed by atoms with E-state index in [0.717, 1.165) is 54.3 Å². The highest BCUT2D eigenvalue weighted by molar-refractivity contribution is 5.93. The highest BCUT2D eigenvalue weighted by Crippen LogP contribution is 2.19. The van der Waals surface area contributed by atoms with Gasteiger partial charge in [0.2, 0.25) is 5.91 Å². The van der Waals surface area contributed by atoms with E-state index < -0.39 is 0 Å². The smallest absolute Gasteiger partial charge is 0.258 e. The van der Waals surface area contributed by atoms with Gasteiger partial charge >= 0.3 is 0 Å². The average molecular weight is 420 g/mol. The van der Waals surface area contributed by atoms with Crippen LogP contribution >= 0.6 is 0 Å². The number of piperazine rings is 1. The van der Waals surface area contributed by atoms with Gasteiger partial charge < -0.3 is 5.32 Å². The molecule has 3 heterocycles. The van der Waals surface area contributed by atoms with Crippen LogP contribution in [-0.4, -0.2) is 57.8 Å². The number of hydrogen-bond acceptors (Lipinski definition) is 5. The van der Waals surface area contributed by atoms with Crippen molar-refractivity contribution in [2.45, 2.75) is 27.3 Å². The fourth-order valence-corrected chi connectivity index (χ4v) is 4.07. The molecular formula is C24H29N5O2. The molecule has 1 fully saturated rings. The maximum Gasteiger partial charge on any atom is 0.258 e. The van der Waals surface area contributed by atoms with E-state index in [-0.39, 0.29) is 11.5 Å². The molecule has 31 heavy (non-hydrogen) atoms. The summed E-state index contributed by atoms with van der Waals surface area (Å²) in [4.78, 5) is 34.0. The normalized spacial score (nSPS) is 15.3. The standard InChI is InChI=1S/C24H29N5O2/c1-17-7-8-21-25-20(13-23(31)29(21)14-17)15-27-9-11-28(12-10-27)16-22(30)26-24-18(2)5-4-6-19(24)3/h4-8,13-14H,9-12,15-16H2,1-3H3,(H,26,30). The summed E-state index contributed by atoms with van der Waals surface area (Å²) in [7, 11) is 0. The lowest BCUT2D eigenvalue weighted by molar-refractivity contribution is -0.117. The van der Waals surface area contributed by atoms with Crippen molar-refractivity contribution in [3.63, 3.8) is 0 Å². The van der Waals surface area contributed by atoms with E-state index in [2.05, 4.69) is 20.1 Å². The first kappa shape index (κ1) is 21.2. The summed E-state index contributed by atoms with van der Waals surface area (Å²) in [6, 6.07) is 11.5. The van der Waals surface area contributed by atoms with Crippen LogP contribution in [0.1, 0.15) is 22.4 Å². The molecule has 0 aliphatic carbocycles. The Morgan fingerprint density at radius 3 is 2.39 bits per heavy atom. The highest BCUT2D eigenvalue weighted by atomic mass is 16.2. The molecule has 2 aromatic heterocycles. The quantitative estimate of drug-likeness (QED) is 0.688. The molecule has 4 rings (SSSR count). The first-order valence-electron chi connectivity index (χ1n) is 10.7. The molecule has 162 valence electrons. The summed E-state index contributed by atoms with van der Waals surface area (Å²) in [5.74, 6) is 0.0189. The van der Waals surface area contributed by atoms with E-state index in [0.29, 0.717) is 18.7 Å². The van der Waals surface area contributed by atoms with Crippen LogP contribution in [0.3, 0.4) is 0 Å². The lowest BCUT2D eigenvalue weighted by Crippen LogP contribution is -2.48. The molecule has 1 aliphatic rings. The van der Waals surface area contributed by atoms with Gasteiger partial charge in [-0.1, -0.05) is 24.3 Å². The predicted octanol–water partition coefficient (Wildman–Crippen LogP) is 2.38. The SMILES string of the molecule is Cc1ccc2nc(CN3CCN(CC(=O)Nc4c(C)cccc4C)CC3)cc(=O)n2c1. The number of rotatable bonds is 5. The van der Waals surface area contributed by atoms with Crippen LogP contribution in [-0.2, 0) is 11.3 Å². The molecule has 0 radical (unpaired) electrons. The fraction of sp³-hybridized carbons (Fsp3) is 0.375. The summed E-state index contributed by atoms with van der Waals surface area (Å²) in [5.41, 5.74) is 5.51. The van der Waals surface area contributed by atoms with Crippen LogP contribution in [0.2, 0.25) is 0 Å². The van der Waals surface area contributed by atoms with Crippen LogP contribution in [0.25, 0.3) is 5.65 Å². The van der Waals surface area contributed by atoms with Crippen molar-refractivity contribution in [1.82, 2.24) is 19.2 Å². The number of fused-ring (bicyclic) bond motifs is 1. The summed E-state index contributed by atoms with van der Waals surface area (Å²) < 4.78 is 1.59. The molecular weight excluding hydrogens is 390 g/mol. The van der Waals surface area contributed by atoms with Gasteiger partial charge in [-0.15, -0.1) is 0 Å². The van der Waals surface area contributed by atoms with E-state index in [1.165, 1.54) is 0 Å². The number of hydrogen-bond donors (Lipinski definition) is 1. The molecule has 1 aromatic carbocycles. The summed E-state index contributed by atoms with van der Waals surface area (Å²) in [6.45, 7) is 10.3. The van der Waals surface area contributed by atoms with Gasteiger partial charge in [0, 0.05) is 50.7 Å². The van der Waals surface area contributed by atoms with Crippen LogP contribution in [0.4, 0.5) is 5.69 Å². The molecule has 3 aromatic rings. The maximum atomic E-state index is 12.5. The largest absolute Gasteiger partial charge is 0.324 e. The number of carbonyl (C=O) groups is 1. The molecule has 7 heteroatoms. The lowest BCUT2D eigenvalue weighted by atomic mass is 10.1. The Hall–Kier alpha value is -3.03. The van der Waals surface area contributed by atoms with Gasteiger partial charge in [0.15, 0.2) is 0 Å². The Kier molecular flexibility index (Phi) is 6.15. The second-order valence-electron chi connectivity index (χ2n) is 8.39. The zero-order valence-corrected chi connectivity index (χ0v) is 18.4. The Labute approximate surface area is 182 Å². The van der Waals surface area contributed by atoms with Gasteiger partial charge in [0.1, 0.15) is 5.65 Å². The van der Waals surface area contributed by atoms with Crippen LogP contribution < -0.4 is 10.9 Å². The molecule has 7 nitrogen and oxygen atoms in total. The molecule has 1 amide bonds. The van der Waals surface area contributed by atoms with Crippen LogP contribution in [0, 0.1) is 20.8 Å².